The normalized spacial score (nSPS) is 14.4. The van der Waals surface area contributed by atoms with Gasteiger partial charge in [-0.25, -0.2) is 8.42 Å². The van der Waals surface area contributed by atoms with Gasteiger partial charge in [0.05, 0.1) is 9.82 Å². The van der Waals surface area contributed by atoms with E-state index in [1.54, 1.807) is 4.90 Å². The molecule has 0 aliphatic carbocycles. The van der Waals surface area contributed by atoms with Crippen LogP contribution in [-0.4, -0.2) is 67.4 Å². The van der Waals surface area contributed by atoms with E-state index in [1.165, 1.54) is 23.1 Å². The van der Waals surface area contributed by atoms with E-state index >= 15 is 0 Å². The number of sulfone groups is 1. The molecule has 1 aliphatic heterocycles. The number of halogens is 2. The van der Waals surface area contributed by atoms with Gasteiger partial charge < -0.3 is 9.80 Å². The molecule has 2 aromatic carbocycles. The molecule has 1 saturated heterocycles. The minimum Gasteiger partial charge on any atom is -0.335 e. The van der Waals surface area contributed by atoms with Crippen molar-refractivity contribution in [1.29, 1.82) is 0 Å². The number of carbonyl (C=O) groups is 2. The number of piperazine rings is 1. The summed E-state index contributed by atoms with van der Waals surface area (Å²) in [4.78, 5) is 38.6. The van der Waals surface area contributed by atoms with Crippen molar-refractivity contribution < 1.29 is 22.9 Å². The van der Waals surface area contributed by atoms with Gasteiger partial charge in [-0.05, 0) is 24.3 Å². The Kier molecular flexibility index (Phi) is 6.54. The molecule has 0 bridgehead atoms. The zero-order chi connectivity index (χ0) is 22.9. The first kappa shape index (κ1) is 23.0. The molecule has 2 amide bonds. The molecular weight excluding hydrogens is 469 g/mol. The summed E-state index contributed by atoms with van der Waals surface area (Å²) in [5.74, 6) is -0.835. The van der Waals surface area contributed by atoms with Crippen LogP contribution in [0.4, 0.5) is 5.69 Å². The van der Waals surface area contributed by atoms with Gasteiger partial charge in [-0.1, -0.05) is 23.2 Å². The average Bonchev–Trinajstić information content (AvgIpc) is 2.71. The number of benzene rings is 2. The second-order valence-electron chi connectivity index (χ2n) is 6.99. The van der Waals surface area contributed by atoms with Crippen molar-refractivity contribution in [2.24, 2.45) is 0 Å². The summed E-state index contributed by atoms with van der Waals surface area (Å²) in [5, 5.41) is 11.8. The van der Waals surface area contributed by atoms with Gasteiger partial charge in [-0.15, -0.1) is 0 Å². The van der Waals surface area contributed by atoms with Gasteiger partial charge in [0.15, 0.2) is 9.84 Å². The van der Waals surface area contributed by atoms with Crippen molar-refractivity contribution in [2.75, 3.05) is 32.4 Å². The first-order valence-electron chi connectivity index (χ1n) is 9.00. The first-order chi connectivity index (χ1) is 14.5. The third-order valence-corrected chi connectivity index (χ3v) is 6.27. The third-order valence-electron chi connectivity index (χ3n) is 4.74. The summed E-state index contributed by atoms with van der Waals surface area (Å²) in [6, 6.07) is 7.60. The van der Waals surface area contributed by atoms with Gasteiger partial charge in [-0.3, -0.25) is 19.7 Å². The molecule has 1 heterocycles. The highest BCUT2D eigenvalue weighted by Crippen LogP contribution is 2.23. The SMILES string of the molecule is CS(=O)(=O)c1cc(C(=O)N2CCN(C(=O)c3cc(Cl)cc(Cl)c3)CC2)cc([N+](=O)[O-])c1. The van der Waals surface area contributed by atoms with Crippen LogP contribution >= 0.6 is 23.2 Å². The molecule has 1 aliphatic rings. The Balaban J connectivity index is 1.76. The predicted molar refractivity (Wildman–Crippen MR) is 114 cm³/mol. The van der Waals surface area contributed by atoms with E-state index in [9.17, 15) is 28.1 Å². The lowest BCUT2D eigenvalue weighted by atomic mass is 10.1. The monoisotopic (exact) mass is 485 g/mol. The third kappa shape index (κ3) is 5.33. The van der Waals surface area contributed by atoms with E-state index in [4.69, 9.17) is 23.2 Å². The number of amides is 2. The molecule has 0 saturated carbocycles. The van der Waals surface area contributed by atoms with Crippen LogP contribution in [0, 0.1) is 10.1 Å². The minimum absolute atomic E-state index is 0.101. The van der Waals surface area contributed by atoms with Crippen LogP contribution in [0.25, 0.3) is 0 Å². The molecule has 3 rings (SSSR count). The summed E-state index contributed by atoms with van der Waals surface area (Å²) >= 11 is 11.9. The number of nitro benzene ring substituents is 1. The van der Waals surface area contributed by atoms with Crippen LogP contribution in [0.5, 0.6) is 0 Å². The molecular formula is C19H17Cl2N3O6S. The predicted octanol–water partition coefficient (Wildman–Crippen LogP) is 2.90. The molecule has 9 nitrogen and oxygen atoms in total. The number of hydrogen-bond donors (Lipinski definition) is 0. The number of rotatable bonds is 4. The highest BCUT2D eigenvalue weighted by molar-refractivity contribution is 7.90. The average molecular weight is 486 g/mol. The van der Waals surface area contributed by atoms with Crippen molar-refractivity contribution in [3.05, 3.63) is 67.7 Å². The molecule has 0 N–H and O–H groups in total. The van der Waals surface area contributed by atoms with Crippen molar-refractivity contribution >= 4 is 50.5 Å². The minimum atomic E-state index is -3.75. The zero-order valence-corrected chi connectivity index (χ0v) is 18.6. The lowest BCUT2D eigenvalue weighted by Gasteiger charge is -2.35. The van der Waals surface area contributed by atoms with E-state index in [1.807, 2.05) is 0 Å². The van der Waals surface area contributed by atoms with Gasteiger partial charge in [0, 0.05) is 65.7 Å². The number of nitrogens with zero attached hydrogens (tertiary/aromatic N) is 3. The summed E-state index contributed by atoms with van der Waals surface area (Å²) in [7, 11) is -3.75. The van der Waals surface area contributed by atoms with Gasteiger partial charge in [-0.2, -0.15) is 0 Å². The zero-order valence-electron chi connectivity index (χ0n) is 16.2. The Bertz CT molecular complexity index is 1160. The lowest BCUT2D eigenvalue weighted by Crippen LogP contribution is -2.50. The first-order valence-corrected chi connectivity index (χ1v) is 11.6. The Morgan fingerprint density at radius 1 is 0.871 bits per heavy atom. The molecule has 31 heavy (non-hydrogen) atoms. The van der Waals surface area contributed by atoms with Crippen molar-refractivity contribution in [3.63, 3.8) is 0 Å². The van der Waals surface area contributed by atoms with Crippen LogP contribution in [0.1, 0.15) is 20.7 Å². The van der Waals surface area contributed by atoms with Crippen molar-refractivity contribution in [2.45, 2.75) is 4.90 Å². The molecule has 1 fully saturated rings. The standard InChI is InChI=1S/C19H17Cl2N3O6S/c1-31(29,30)17-9-13(8-16(11-17)24(27)28)19(26)23-4-2-22(3-5-23)18(25)12-6-14(20)10-15(21)7-12/h6-11H,2-5H2,1H3. The fourth-order valence-electron chi connectivity index (χ4n) is 3.18. The van der Waals surface area contributed by atoms with Gasteiger partial charge in [0.2, 0.25) is 0 Å². The fourth-order valence-corrected chi connectivity index (χ4v) is 4.38. The summed E-state index contributed by atoms with van der Waals surface area (Å²) in [5.41, 5.74) is -0.261. The lowest BCUT2D eigenvalue weighted by molar-refractivity contribution is -0.385. The number of hydrogen-bond acceptors (Lipinski definition) is 6. The Labute approximate surface area is 188 Å². The molecule has 164 valence electrons. The molecule has 0 atom stereocenters. The number of nitro groups is 1. The molecule has 0 aromatic heterocycles. The smallest absolute Gasteiger partial charge is 0.271 e. The molecule has 0 unspecified atom stereocenters. The van der Waals surface area contributed by atoms with Gasteiger partial charge in [0.1, 0.15) is 0 Å². The quantitative estimate of drug-likeness (QED) is 0.485. The molecule has 0 radical (unpaired) electrons. The molecule has 0 spiro atoms. The van der Waals surface area contributed by atoms with E-state index in [-0.39, 0.29) is 42.5 Å². The second-order valence-corrected chi connectivity index (χ2v) is 9.88. The topological polar surface area (TPSA) is 118 Å². The van der Waals surface area contributed by atoms with Crippen LogP contribution in [0.15, 0.2) is 41.3 Å². The van der Waals surface area contributed by atoms with E-state index in [2.05, 4.69) is 0 Å². The van der Waals surface area contributed by atoms with Crippen LogP contribution in [0.2, 0.25) is 10.0 Å². The van der Waals surface area contributed by atoms with E-state index < -0.39 is 26.4 Å². The summed E-state index contributed by atoms with van der Waals surface area (Å²) in [6.45, 7) is 0.802. The maximum atomic E-state index is 12.9. The maximum Gasteiger partial charge on any atom is 0.271 e. The molecule has 12 heteroatoms. The summed E-state index contributed by atoms with van der Waals surface area (Å²) in [6.07, 6.45) is 0.910. The maximum absolute atomic E-state index is 12.9. The Hall–Kier alpha value is -2.69. The van der Waals surface area contributed by atoms with E-state index in [0.717, 1.165) is 24.5 Å². The fraction of sp³-hybridized carbons (Fsp3) is 0.263. The van der Waals surface area contributed by atoms with Crippen molar-refractivity contribution in [3.8, 4) is 0 Å². The van der Waals surface area contributed by atoms with Crippen LogP contribution in [-0.2, 0) is 9.84 Å². The number of non-ortho nitro benzene ring substituents is 1. The molecule has 2 aromatic rings. The van der Waals surface area contributed by atoms with Gasteiger partial charge >= 0.3 is 0 Å². The van der Waals surface area contributed by atoms with Crippen LogP contribution < -0.4 is 0 Å². The van der Waals surface area contributed by atoms with Gasteiger partial charge in [0.25, 0.3) is 17.5 Å². The Morgan fingerprint density at radius 2 is 1.32 bits per heavy atom. The van der Waals surface area contributed by atoms with Crippen LogP contribution in [0.3, 0.4) is 0 Å². The Morgan fingerprint density at radius 3 is 1.74 bits per heavy atom. The second kappa shape index (κ2) is 8.81. The highest BCUT2D eigenvalue weighted by atomic mass is 35.5. The summed E-state index contributed by atoms with van der Waals surface area (Å²) < 4.78 is 23.7. The van der Waals surface area contributed by atoms with Crippen molar-refractivity contribution in [1.82, 2.24) is 9.80 Å². The number of carbonyl (C=O) groups excluding carboxylic acids is 2. The highest BCUT2D eigenvalue weighted by Gasteiger charge is 2.28. The largest absolute Gasteiger partial charge is 0.335 e. The van der Waals surface area contributed by atoms with E-state index in [0.29, 0.717) is 15.6 Å².